The molecular weight excluding hydrogens is 336 g/mol. The van der Waals surface area contributed by atoms with Crippen molar-refractivity contribution < 1.29 is 23.8 Å². The van der Waals surface area contributed by atoms with Crippen LogP contribution in [-0.2, 0) is 19.1 Å². The average molecular weight is 360 g/mol. The molecule has 0 spiro atoms. The predicted octanol–water partition coefficient (Wildman–Crippen LogP) is 1.14. The van der Waals surface area contributed by atoms with E-state index in [4.69, 9.17) is 14.2 Å². The zero-order chi connectivity index (χ0) is 18.5. The number of ether oxygens (including phenoxy) is 3. The van der Waals surface area contributed by atoms with Gasteiger partial charge in [0.05, 0.1) is 25.9 Å². The van der Waals surface area contributed by atoms with Crippen molar-refractivity contribution in [2.75, 3.05) is 53.7 Å². The molecule has 7 heteroatoms. The van der Waals surface area contributed by atoms with Gasteiger partial charge in [-0.05, 0) is 24.1 Å². The van der Waals surface area contributed by atoms with Gasteiger partial charge in [-0.15, -0.1) is 0 Å². The fraction of sp³-hybridized carbons (Fsp3) is 0.474. The maximum Gasteiger partial charge on any atom is 0.277 e. The van der Waals surface area contributed by atoms with Crippen molar-refractivity contribution in [3.8, 4) is 5.75 Å². The minimum Gasteiger partial charge on any atom is -0.497 e. The number of hydrogen-bond acceptors (Lipinski definition) is 6. The summed E-state index contributed by atoms with van der Waals surface area (Å²) in [5.41, 5.74) is 1.65. The summed E-state index contributed by atoms with van der Waals surface area (Å²) in [6, 6.07) is 7.23. The average Bonchev–Trinajstić information content (AvgIpc) is 2.93. The van der Waals surface area contributed by atoms with Crippen molar-refractivity contribution in [2.24, 2.45) is 0 Å². The molecule has 1 aromatic rings. The fourth-order valence-corrected chi connectivity index (χ4v) is 3.23. The zero-order valence-electron chi connectivity index (χ0n) is 15.2. The molecule has 3 rings (SSSR count). The molecule has 2 aliphatic rings. The summed E-state index contributed by atoms with van der Waals surface area (Å²) in [5.74, 6) is 0.215. The third kappa shape index (κ3) is 3.59. The van der Waals surface area contributed by atoms with Crippen LogP contribution in [0.1, 0.15) is 12.0 Å². The molecule has 0 aromatic heterocycles. The van der Waals surface area contributed by atoms with Gasteiger partial charge in [0.1, 0.15) is 11.4 Å². The van der Waals surface area contributed by atoms with Gasteiger partial charge in [-0.2, -0.15) is 0 Å². The van der Waals surface area contributed by atoms with Crippen molar-refractivity contribution in [1.29, 1.82) is 0 Å². The molecule has 140 valence electrons. The molecule has 0 N–H and O–H groups in total. The molecule has 1 saturated heterocycles. The molecule has 0 bridgehead atoms. The van der Waals surface area contributed by atoms with Gasteiger partial charge in [-0.3, -0.25) is 14.5 Å². The summed E-state index contributed by atoms with van der Waals surface area (Å²) >= 11 is 0. The lowest BCUT2D eigenvalue weighted by Gasteiger charge is -2.29. The van der Waals surface area contributed by atoms with E-state index >= 15 is 0 Å². The second-order valence-electron chi connectivity index (χ2n) is 6.16. The Morgan fingerprint density at radius 2 is 1.73 bits per heavy atom. The van der Waals surface area contributed by atoms with Crippen molar-refractivity contribution in [3.05, 3.63) is 35.5 Å². The van der Waals surface area contributed by atoms with Crippen molar-refractivity contribution in [2.45, 2.75) is 6.42 Å². The minimum absolute atomic E-state index is 0.237. The van der Waals surface area contributed by atoms with Crippen LogP contribution < -0.4 is 4.74 Å². The van der Waals surface area contributed by atoms with Gasteiger partial charge in [0.25, 0.3) is 11.8 Å². The predicted molar refractivity (Wildman–Crippen MR) is 95.5 cm³/mol. The van der Waals surface area contributed by atoms with Crippen LogP contribution in [0.4, 0.5) is 0 Å². The lowest BCUT2D eigenvalue weighted by molar-refractivity contribution is -0.138. The number of nitrogens with zero attached hydrogens (tertiary/aromatic N) is 2. The third-order valence-electron chi connectivity index (χ3n) is 4.58. The van der Waals surface area contributed by atoms with E-state index in [1.54, 1.807) is 26.4 Å². The first-order valence-corrected chi connectivity index (χ1v) is 8.74. The van der Waals surface area contributed by atoms with E-state index in [-0.39, 0.29) is 11.8 Å². The van der Waals surface area contributed by atoms with Gasteiger partial charge in [-0.25, -0.2) is 0 Å². The summed E-state index contributed by atoms with van der Waals surface area (Å²) in [5, 5.41) is 0. The molecule has 0 radical (unpaired) electrons. The Morgan fingerprint density at radius 1 is 1.04 bits per heavy atom. The fourth-order valence-electron chi connectivity index (χ4n) is 3.23. The summed E-state index contributed by atoms with van der Waals surface area (Å²) in [6.45, 7) is 3.13. The van der Waals surface area contributed by atoms with E-state index in [2.05, 4.69) is 0 Å². The Morgan fingerprint density at radius 3 is 2.35 bits per heavy atom. The highest BCUT2D eigenvalue weighted by molar-refractivity contribution is 6.35. The normalized spacial score (nSPS) is 18.1. The number of hydrogen-bond donors (Lipinski definition) is 0. The Balaban J connectivity index is 1.95. The second-order valence-corrected chi connectivity index (χ2v) is 6.16. The number of imide groups is 1. The van der Waals surface area contributed by atoms with Crippen LogP contribution >= 0.6 is 0 Å². The molecular formula is C19H24N2O5. The molecule has 0 atom stereocenters. The van der Waals surface area contributed by atoms with E-state index in [1.165, 1.54) is 4.90 Å². The number of amides is 2. The number of morpholine rings is 1. The molecule has 2 heterocycles. The van der Waals surface area contributed by atoms with Gasteiger partial charge in [0.2, 0.25) is 0 Å². The van der Waals surface area contributed by atoms with E-state index < -0.39 is 0 Å². The zero-order valence-corrected chi connectivity index (χ0v) is 15.2. The number of carbonyl (C=O) groups is 2. The Hall–Kier alpha value is -2.38. The van der Waals surface area contributed by atoms with Gasteiger partial charge in [0.15, 0.2) is 0 Å². The van der Waals surface area contributed by atoms with Crippen molar-refractivity contribution in [3.63, 3.8) is 0 Å². The highest BCUT2D eigenvalue weighted by atomic mass is 16.5. The highest BCUT2D eigenvalue weighted by Gasteiger charge is 2.41. The van der Waals surface area contributed by atoms with Crippen LogP contribution in [0.2, 0.25) is 0 Å². The molecule has 1 aromatic carbocycles. The Labute approximate surface area is 153 Å². The maximum atomic E-state index is 13.0. The standard InChI is InChI=1S/C19H24N2O5/c1-24-11-3-8-21-18(22)16(14-4-6-15(25-2)7-5-14)17(19(21)23)20-9-12-26-13-10-20/h4-7H,3,8-13H2,1-2H3. The van der Waals surface area contributed by atoms with Crippen LogP contribution in [-0.4, -0.2) is 75.3 Å². The Bertz CT molecular complexity index is 692. The number of rotatable bonds is 7. The van der Waals surface area contributed by atoms with E-state index in [9.17, 15) is 9.59 Å². The molecule has 0 aliphatic carbocycles. The van der Waals surface area contributed by atoms with Gasteiger partial charge in [0, 0.05) is 33.4 Å². The molecule has 1 fully saturated rings. The van der Waals surface area contributed by atoms with Crippen molar-refractivity contribution in [1.82, 2.24) is 9.80 Å². The molecule has 2 amide bonds. The molecule has 7 nitrogen and oxygen atoms in total. The second kappa shape index (κ2) is 8.33. The lowest BCUT2D eigenvalue weighted by atomic mass is 10.0. The van der Waals surface area contributed by atoms with E-state index in [0.717, 1.165) is 5.56 Å². The third-order valence-corrected chi connectivity index (χ3v) is 4.58. The van der Waals surface area contributed by atoms with Crippen LogP contribution in [0.15, 0.2) is 30.0 Å². The number of benzene rings is 1. The topological polar surface area (TPSA) is 68.3 Å². The van der Waals surface area contributed by atoms with Gasteiger partial charge < -0.3 is 19.1 Å². The molecule has 0 unspecified atom stereocenters. The summed E-state index contributed by atoms with van der Waals surface area (Å²) in [6.07, 6.45) is 0.611. The van der Waals surface area contributed by atoms with Crippen LogP contribution in [0.5, 0.6) is 5.75 Å². The highest BCUT2D eigenvalue weighted by Crippen LogP contribution is 2.32. The number of methoxy groups -OCH3 is 2. The van der Waals surface area contributed by atoms with Crippen LogP contribution in [0, 0.1) is 0 Å². The quantitative estimate of drug-likeness (QED) is 0.537. The SMILES string of the molecule is COCCCN1C(=O)C(c2ccc(OC)cc2)=C(N2CCOCC2)C1=O. The van der Waals surface area contributed by atoms with Crippen LogP contribution in [0.25, 0.3) is 5.57 Å². The van der Waals surface area contributed by atoms with Crippen LogP contribution in [0.3, 0.4) is 0 Å². The van der Waals surface area contributed by atoms with Gasteiger partial charge >= 0.3 is 0 Å². The summed E-state index contributed by atoms with van der Waals surface area (Å²) < 4.78 is 15.6. The van der Waals surface area contributed by atoms with E-state index in [1.807, 2.05) is 17.0 Å². The first kappa shape index (κ1) is 18.4. The van der Waals surface area contributed by atoms with E-state index in [0.29, 0.717) is 62.9 Å². The minimum atomic E-state index is -0.252. The van der Waals surface area contributed by atoms with Crippen molar-refractivity contribution >= 4 is 17.4 Å². The lowest BCUT2D eigenvalue weighted by Crippen LogP contribution is -2.40. The summed E-state index contributed by atoms with van der Waals surface area (Å²) in [7, 11) is 3.20. The monoisotopic (exact) mass is 360 g/mol. The van der Waals surface area contributed by atoms with Gasteiger partial charge in [-0.1, -0.05) is 12.1 Å². The smallest absolute Gasteiger partial charge is 0.277 e. The largest absolute Gasteiger partial charge is 0.497 e. The first-order valence-electron chi connectivity index (χ1n) is 8.74. The Kier molecular flexibility index (Phi) is 5.90. The molecule has 26 heavy (non-hydrogen) atoms. The maximum absolute atomic E-state index is 13.0. The summed E-state index contributed by atoms with van der Waals surface area (Å²) in [4.78, 5) is 29.3. The number of carbonyl (C=O) groups excluding carboxylic acids is 2. The molecule has 2 aliphatic heterocycles. The molecule has 0 saturated carbocycles. The first-order chi connectivity index (χ1) is 12.7.